The van der Waals surface area contributed by atoms with E-state index in [1.807, 2.05) is 36.0 Å². The zero-order valence-electron chi connectivity index (χ0n) is 12.4. The Hall–Kier alpha value is -1.72. The fraction of sp³-hybridized carbons (Fsp3) is 0.294. The lowest BCUT2D eigenvalue weighted by atomic mass is 10.1. The Bertz CT molecular complexity index is 741. The van der Waals surface area contributed by atoms with Crippen LogP contribution in [0.25, 0.3) is 0 Å². The van der Waals surface area contributed by atoms with Crippen molar-refractivity contribution in [1.82, 2.24) is 4.90 Å². The van der Waals surface area contributed by atoms with Crippen LogP contribution in [0.3, 0.4) is 0 Å². The number of amides is 1. The Kier molecular flexibility index (Phi) is 5.08. The van der Waals surface area contributed by atoms with Crippen LogP contribution in [0, 0.1) is 0 Å². The Labute approximate surface area is 143 Å². The Balaban J connectivity index is 1.71. The van der Waals surface area contributed by atoms with Crippen molar-refractivity contribution in [3.8, 4) is 0 Å². The monoisotopic (exact) mass is 349 g/mol. The van der Waals surface area contributed by atoms with Crippen molar-refractivity contribution in [2.45, 2.75) is 11.7 Å². The van der Waals surface area contributed by atoms with Gasteiger partial charge in [0.25, 0.3) is 5.91 Å². The van der Waals surface area contributed by atoms with Gasteiger partial charge in [-0.25, -0.2) is 4.79 Å². The standard InChI is InChI=1S/C17H16ClNO3S/c18-14-4-2-1-3-13(14)15-7-8-19(9-10-23-15)17(21)12-5-6-16(20)22-11-12/h1-6,11,15H,7-10H2. The molecule has 2 heterocycles. The molecule has 4 nitrogen and oxygen atoms in total. The zero-order chi connectivity index (χ0) is 16.2. The summed E-state index contributed by atoms with van der Waals surface area (Å²) in [6, 6.07) is 10.6. The summed E-state index contributed by atoms with van der Waals surface area (Å²) in [4.78, 5) is 25.3. The fourth-order valence-corrected chi connectivity index (χ4v) is 4.22. The van der Waals surface area contributed by atoms with Gasteiger partial charge in [-0.15, -0.1) is 0 Å². The molecule has 6 heteroatoms. The summed E-state index contributed by atoms with van der Waals surface area (Å²) >= 11 is 8.10. The highest BCUT2D eigenvalue weighted by Gasteiger charge is 2.24. The van der Waals surface area contributed by atoms with E-state index in [2.05, 4.69) is 0 Å². The number of carbonyl (C=O) groups is 1. The van der Waals surface area contributed by atoms with E-state index in [9.17, 15) is 9.59 Å². The molecule has 0 spiro atoms. The third-order valence-electron chi connectivity index (χ3n) is 3.83. The summed E-state index contributed by atoms with van der Waals surface area (Å²) in [5.41, 5.74) is 1.08. The molecular weight excluding hydrogens is 334 g/mol. The van der Waals surface area contributed by atoms with Crippen LogP contribution in [0.2, 0.25) is 5.02 Å². The summed E-state index contributed by atoms with van der Waals surface area (Å²) in [5, 5.41) is 1.06. The van der Waals surface area contributed by atoms with Gasteiger partial charge in [-0.05, 0) is 24.1 Å². The van der Waals surface area contributed by atoms with Gasteiger partial charge in [0, 0.05) is 35.2 Å². The molecule has 0 aliphatic carbocycles. The van der Waals surface area contributed by atoms with Crippen molar-refractivity contribution in [3.05, 3.63) is 69.2 Å². The van der Waals surface area contributed by atoms with Crippen molar-refractivity contribution < 1.29 is 9.21 Å². The second-order valence-electron chi connectivity index (χ2n) is 5.31. The Morgan fingerprint density at radius 1 is 1.22 bits per heavy atom. The quantitative estimate of drug-likeness (QED) is 0.831. The number of halogens is 1. The van der Waals surface area contributed by atoms with E-state index in [1.165, 1.54) is 18.4 Å². The second kappa shape index (κ2) is 7.23. The second-order valence-corrected chi connectivity index (χ2v) is 7.02. The zero-order valence-corrected chi connectivity index (χ0v) is 14.0. The van der Waals surface area contributed by atoms with Crippen LogP contribution < -0.4 is 5.63 Å². The molecule has 23 heavy (non-hydrogen) atoms. The molecule has 1 aliphatic rings. The number of carbonyl (C=O) groups excluding carboxylic acids is 1. The van der Waals surface area contributed by atoms with Gasteiger partial charge in [0.2, 0.25) is 0 Å². The molecule has 1 saturated heterocycles. The third kappa shape index (κ3) is 3.79. The summed E-state index contributed by atoms with van der Waals surface area (Å²) in [6.45, 7) is 1.32. The fourth-order valence-electron chi connectivity index (χ4n) is 2.62. The summed E-state index contributed by atoms with van der Waals surface area (Å²) in [7, 11) is 0. The predicted molar refractivity (Wildman–Crippen MR) is 92.1 cm³/mol. The van der Waals surface area contributed by atoms with E-state index in [-0.39, 0.29) is 11.2 Å². The van der Waals surface area contributed by atoms with E-state index >= 15 is 0 Å². The molecular formula is C17H16ClNO3S. The van der Waals surface area contributed by atoms with Gasteiger partial charge in [0.15, 0.2) is 0 Å². The average Bonchev–Trinajstić information content (AvgIpc) is 2.81. The Morgan fingerprint density at radius 2 is 2.04 bits per heavy atom. The van der Waals surface area contributed by atoms with E-state index < -0.39 is 5.63 Å². The molecule has 1 aromatic carbocycles. The first-order chi connectivity index (χ1) is 11.1. The van der Waals surface area contributed by atoms with Gasteiger partial charge in [-0.1, -0.05) is 29.8 Å². The van der Waals surface area contributed by atoms with Crippen LogP contribution in [0.1, 0.15) is 27.6 Å². The van der Waals surface area contributed by atoms with Crippen LogP contribution in [0.5, 0.6) is 0 Å². The normalized spacial score (nSPS) is 18.5. The summed E-state index contributed by atoms with van der Waals surface area (Å²) in [6.07, 6.45) is 2.07. The average molecular weight is 350 g/mol. The maximum absolute atomic E-state index is 12.5. The third-order valence-corrected chi connectivity index (χ3v) is 5.48. The molecule has 0 bridgehead atoms. The number of hydrogen-bond acceptors (Lipinski definition) is 4. The highest BCUT2D eigenvalue weighted by Crippen LogP contribution is 2.37. The van der Waals surface area contributed by atoms with Crippen molar-refractivity contribution >= 4 is 29.3 Å². The van der Waals surface area contributed by atoms with Crippen molar-refractivity contribution in [2.24, 2.45) is 0 Å². The van der Waals surface area contributed by atoms with Gasteiger partial charge in [0.1, 0.15) is 6.26 Å². The van der Waals surface area contributed by atoms with Crippen molar-refractivity contribution in [1.29, 1.82) is 0 Å². The molecule has 1 aromatic heterocycles. The van der Waals surface area contributed by atoms with Gasteiger partial charge < -0.3 is 9.32 Å². The van der Waals surface area contributed by atoms with E-state index in [0.29, 0.717) is 18.7 Å². The highest BCUT2D eigenvalue weighted by atomic mass is 35.5. The number of benzene rings is 1. The lowest BCUT2D eigenvalue weighted by Crippen LogP contribution is -2.33. The SMILES string of the molecule is O=C(c1ccc(=O)oc1)N1CCSC(c2ccccc2Cl)CC1. The lowest BCUT2D eigenvalue weighted by molar-refractivity contribution is 0.0764. The van der Waals surface area contributed by atoms with Crippen LogP contribution >= 0.6 is 23.4 Å². The molecule has 0 saturated carbocycles. The van der Waals surface area contributed by atoms with Crippen LogP contribution in [-0.2, 0) is 0 Å². The summed E-state index contributed by atoms with van der Waals surface area (Å²) in [5.74, 6) is 0.743. The number of rotatable bonds is 2. The van der Waals surface area contributed by atoms with E-state index in [0.717, 1.165) is 22.8 Å². The van der Waals surface area contributed by atoms with E-state index in [4.69, 9.17) is 16.0 Å². The number of hydrogen-bond donors (Lipinski definition) is 0. The van der Waals surface area contributed by atoms with Crippen molar-refractivity contribution in [2.75, 3.05) is 18.8 Å². The van der Waals surface area contributed by atoms with Gasteiger partial charge >= 0.3 is 5.63 Å². The minimum absolute atomic E-state index is 0.103. The molecule has 1 unspecified atom stereocenters. The first-order valence-corrected chi connectivity index (χ1v) is 8.82. The predicted octanol–water partition coefficient (Wildman–Crippen LogP) is 3.61. The first kappa shape index (κ1) is 16.1. The van der Waals surface area contributed by atoms with Crippen molar-refractivity contribution in [3.63, 3.8) is 0 Å². The molecule has 2 aromatic rings. The maximum atomic E-state index is 12.5. The first-order valence-electron chi connectivity index (χ1n) is 7.39. The van der Waals surface area contributed by atoms with Gasteiger partial charge in [-0.2, -0.15) is 11.8 Å². The largest absolute Gasteiger partial charge is 0.430 e. The van der Waals surface area contributed by atoms with E-state index in [1.54, 1.807) is 4.90 Å². The van der Waals surface area contributed by atoms with Crippen LogP contribution in [0.15, 0.2) is 51.9 Å². The van der Waals surface area contributed by atoms with Crippen LogP contribution in [0.4, 0.5) is 0 Å². The minimum Gasteiger partial charge on any atom is -0.430 e. The number of thioether (sulfide) groups is 1. The maximum Gasteiger partial charge on any atom is 0.335 e. The van der Waals surface area contributed by atoms with Gasteiger partial charge in [0.05, 0.1) is 5.56 Å². The minimum atomic E-state index is -0.452. The number of nitrogens with zero attached hydrogens (tertiary/aromatic N) is 1. The molecule has 1 atom stereocenters. The molecule has 3 rings (SSSR count). The summed E-state index contributed by atoms with van der Waals surface area (Å²) < 4.78 is 4.78. The van der Waals surface area contributed by atoms with Crippen LogP contribution in [-0.4, -0.2) is 29.6 Å². The molecule has 0 N–H and O–H groups in total. The highest BCUT2D eigenvalue weighted by molar-refractivity contribution is 7.99. The lowest BCUT2D eigenvalue weighted by Gasteiger charge is -2.20. The molecule has 1 amide bonds. The molecule has 1 fully saturated rings. The molecule has 120 valence electrons. The topological polar surface area (TPSA) is 50.5 Å². The Morgan fingerprint density at radius 3 is 2.78 bits per heavy atom. The molecule has 0 radical (unpaired) electrons. The smallest absolute Gasteiger partial charge is 0.335 e. The molecule has 1 aliphatic heterocycles. The van der Waals surface area contributed by atoms with Gasteiger partial charge in [-0.3, -0.25) is 4.79 Å².